The summed E-state index contributed by atoms with van der Waals surface area (Å²) >= 11 is 0. The average molecular weight is 362 g/mol. The van der Waals surface area contributed by atoms with Gasteiger partial charge in [0.25, 0.3) is 0 Å². The van der Waals surface area contributed by atoms with E-state index in [0.717, 1.165) is 12.1 Å². The van der Waals surface area contributed by atoms with Crippen LogP contribution in [0.3, 0.4) is 0 Å². The molecule has 0 aliphatic heterocycles. The average Bonchev–Trinajstić information content (AvgIpc) is 2.71. The molecule has 0 aliphatic carbocycles. The summed E-state index contributed by atoms with van der Waals surface area (Å²) < 4.78 is 7.14. The van der Waals surface area contributed by atoms with E-state index >= 15 is 0 Å². The van der Waals surface area contributed by atoms with Crippen molar-refractivity contribution in [1.82, 2.24) is 0 Å². The van der Waals surface area contributed by atoms with Crippen LogP contribution < -0.4 is 15.6 Å². The molecule has 1 nitrogen and oxygen atoms in total. The van der Waals surface area contributed by atoms with E-state index in [9.17, 15) is 0 Å². The van der Waals surface area contributed by atoms with Crippen molar-refractivity contribution in [3.8, 4) is 0 Å². The lowest BCUT2D eigenvalue weighted by Crippen LogP contribution is -2.64. The molecule has 3 rings (SSSR count). The maximum atomic E-state index is 7.14. The molecule has 3 heteroatoms. The van der Waals surface area contributed by atoms with Gasteiger partial charge in [-0.25, -0.2) is 0 Å². The molecule has 25 heavy (non-hydrogen) atoms. The number of benzene rings is 3. The fraction of sp³-hybridized carbons (Fsp3) is 0.182. The van der Waals surface area contributed by atoms with Gasteiger partial charge in [0.2, 0.25) is 17.4 Å². The van der Waals surface area contributed by atoms with Gasteiger partial charge < -0.3 is 4.12 Å². The van der Waals surface area contributed by atoms with Gasteiger partial charge in [-0.3, -0.25) is 0 Å². The van der Waals surface area contributed by atoms with Gasteiger partial charge in [-0.05, 0) is 27.6 Å². The summed E-state index contributed by atoms with van der Waals surface area (Å²) in [6.45, 7) is 4.54. The van der Waals surface area contributed by atoms with E-state index < -0.39 is 17.4 Å². The van der Waals surface area contributed by atoms with Crippen LogP contribution >= 0.6 is 0 Å². The Hall–Kier alpha value is -1.95. The first kappa shape index (κ1) is 17.9. The first-order chi connectivity index (χ1) is 12.3. The molecule has 0 bridgehead atoms. The van der Waals surface area contributed by atoms with Crippen LogP contribution in [-0.2, 0) is 4.12 Å². The SMILES string of the molecule is CC[Si](O[Si](CC)(c1ccccc1)c1ccccc1)c1ccccc1. The highest BCUT2D eigenvalue weighted by atomic mass is 28.4. The molecule has 0 saturated heterocycles. The van der Waals surface area contributed by atoms with E-state index in [1.54, 1.807) is 0 Å². The quantitative estimate of drug-likeness (QED) is 0.583. The molecule has 0 aliphatic rings. The normalized spacial score (nSPS) is 11.6. The van der Waals surface area contributed by atoms with Crippen molar-refractivity contribution in [2.24, 2.45) is 0 Å². The molecule has 0 heterocycles. The number of rotatable bonds is 7. The van der Waals surface area contributed by atoms with Crippen LogP contribution in [0.4, 0.5) is 0 Å². The molecule has 0 amide bonds. The van der Waals surface area contributed by atoms with E-state index in [1.165, 1.54) is 15.6 Å². The molecule has 3 aromatic carbocycles. The lowest BCUT2D eigenvalue weighted by atomic mass is 10.4. The highest BCUT2D eigenvalue weighted by molar-refractivity contribution is 7.01. The highest BCUT2D eigenvalue weighted by Crippen LogP contribution is 2.16. The Bertz CT molecular complexity index is 720. The molecule has 0 unspecified atom stereocenters. The van der Waals surface area contributed by atoms with Gasteiger partial charge in [0.15, 0.2) is 0 Å². The lowest BCUT2D eigenvalue weighted by Gasteiger charge is -2.35. The second kappa shape index (κ2) is 8.43. The zero-order valence-electron chi connectivity index (χ0n) is 15.0. The van der Waals surface area contributed by atoms with Crippen molar-refractivity contribution < 1.29 is 4.12 Å². The van der Waals surface area contributed by atoms with Crippen LogP contribution in [0.15, 0.2) is 91.0 Å². The van der Waals surface area contributed by atoms with Crippen LogP contribution in [0, 0.1) is 0 Å². The Morgan fingerprint density at radius 1 is 0.680 bits per heavy atom. The second-order valence-electron chi connectivity index (χ2n) is 6.16. The Kier molecular flexibility index (Phi) is 6.02. The summed E-state index contributed by atoms with van der Waals surface area (Å²) in [4.78, 5) is 0. The second-order valence-corrected chi connectivity index (χ2v) is 12.6. The molecule has 3 aromatic rings. The Labute approximate surface area is 154 Å². The van der Waals surface area contributed by atoms with Crippen molar-refractivity contribution >= 4 is 32.9 Å². The van der Waals surface area contributed by atoms with Crippen LogP contribution in [0.5, 0.6) is 0 Å². The topological polar surface area (TPSA) is 9.23 Å². The van der Waals surface area contributed by atoms with Gasteiger partial charge in [-0.2, -0.15) is 0 Å². The van der Waals surface area contributed by atoms with E-state index in [1.807, 2.05) is 0 Å². The molecular weight excluding hydrogens is 336 g/mol. The van der Waals surface area contributed by atoms with E-state index in [0.29, 0.717) is 0 Å². The zero-order chi connectivity index (χ0) is 17.5. The molecule has 0 saturated carbocycles. The van der Waals surface area contributed by atoms with Gasteiger partial charge in [0, 0.05) is 0 Å². The minimum Gasteiger partial charge on any atom is -0.445 e. The summed E-state index contributed by atoms with van der Waals surface area (Å²) in [5.74, 6) is 0. The smallest absolute Gasteiger partial charge is 0.244 e. The third kappa shape index (κ3) is 3.84. The Morgan fingerprint density at radius 2 is 1.12 bits per heavy atom. The van der Waals surface area contributed by atoms with Crippen LogP contribution in [0.25, 0.3) is 0 Å². The summed E-state index contributed by atoms with van der Waals surface area (Å²) in [5.41, 5.74) is 0. The minimum atomic E-state index is -2.24. The molecule has 0 N–H and O–H groups in total. The molecule has 0 aromatic heterocycles. The molecule has 0 spiro atoms. The largest absolute Gasteiger partial charge is 0.445 e. The third-order valence-corrected chi connectivity index (χ3v) is 12.2. The van der Waals surface area contributed by atoms with Crippen molar-refractivity contribution in [2.75, 3.05) is 0 Å². The van der Waals surface area contributed by atoms with Gasteiger partial charge >= 0.3 is 0 Å². The van der Waals surface area contributed by atoms with Gasteiger partial charge in [0.05, 0.1) is 0 Å². The highest BCUT2D eigenvalue weighted by Gasteiger charge is 2.40. The zero-order valence-corrected chi connectivity index (χ0v) is 17.0. The molecule has 127 valence electrons. The Morgan fingerprint density at radius 3 is 1.52 bits per heavy atom. The van der Waals surface area contributed by atoms with Crippen molar-refractivity contribution in [1.29, 1.82) is 0 Å². The van der Waals surface area contributed by atoms with Gasteiger partial charge in [-0.15, -0.1) is 0 Å². The number of hydrogen-bond acceptors (Lipinski definition) is 1. The summed E-state index contributed by atoms with van der Waals surface area (Å²) in [5, 5.41) is 4.11. The molecule has 1 radical (unpaired) electrons. The summed E-state index contributed by atoms with van der Waals surface area (Å²) in [6, 6.07) is 34.6. The third-order valence-electron chi connectivity index (χ3n) is 4.69. The molecule has 0 fully saturated rings. The van der Waals surface area contributed by atoms with E-state index in [4.69, 9.17) is 4.12 Å². The van der Waals surface area contributed by atoms with Crippen LogP contribution in [0.2, 0.25) is 12.1 Å². The van der Waals surface area contributed by atoms with Crippen LogP contribution in [-0.4, -0.2) is 17.4 Å². The summed E-state index contributed by atoms with van der Waals surface area (Å²) in [7, 11) is -3.31. The summed E-state index contributed by atoms with van der Waals surface area (Å²) in [6.07, 6.45) is 0. The maximum Gasteiger partial charge on any atom is 0.244 e. The standard InChI is InChI=1S/C22H25OSi2/c1-3-24(20-14-8-5-9-15-20)23-25(4-2,21-16-10-6-11-17-21)22-18-12-7-13-19-22/h5-19H,3-4H2,1-2H3. The first-order valence-corrected chi connectivity index (χ1v) is 12.7. The molecule has 0 atom stereocenters. The predicted molar refractivity (Wildman–Crippen MR) is 112 cm³/mol. The van der Waals surface area contributed by atoms with Gasteiger partial charge in [0.1, 0.15) is 0 Å². The van der Waals surface area contributed by atoms with Crippen LogP contribution in [0.1, 0.15) is 13.8 Å². The minimum absolute atomic E-state index is 1.04. The maximum absolute atomic E-state index is 7.14. The fourth-order valence-corrected chi connectivity index (χ4v) is 11.2. The Balaban J connectivity index is 2.08. The van der Waals surface area contributed by atoms with Gasteiger partial charge in [-0.1, -0.05) is 105 Å². The molecular formula is C22H25OSi2. The van der Waals surface area contributed by atoms with Crippen molar-refractivity contribution in [3.05, 3.63) is 91.0 Å². The lowest BCUT2D eigenvalue weighted by molar-refractivity contribution is 0.587. The first-order valence-electron chi connectivity index (χ1n) is 9.01. The fourth-order valence-electron chi connectivity index (χ4n) is 3.35. The number of hydrogen-bond donors (Lipinski definition) is 0. The van der Waals surface area contributed by atoms with E-state index in [2.05, 4.69) is 105 Å². The predicted octanol–water partition coefficient (Wildman–Crippen LogP) is 3.70. The van der Waals surface area contributed by atoms with Crippen molar-refractivity contribution in [3.63, 3.8) is 0 Å². The monoisotopic (exact) mass is 361 g/mol. The van der Waals surface area contributed by atoms with E-state index in [-0.39, 0.29) is 0 Å². The van der Waals surface area contributed by atoms with Crippen molar-refractivity contribution in [2.45, 2.75) is 25.9 Å².